The van der Waals surface area contributed by atoms with Gasteiger partial charge in [0.15, 0.2) is 11.6 Å². The van der Waals surface area contributed by atoms with Crippen molar-refractivity contribution >= 4 is 34.9 Å². The molecule has 0 radical (unpaired) electrons. The number of hydrogen-bond donors (Lipinski definition) is 1. The van der Waals surface area contributed by atoms with Gasteiger partial charge in [-0.3, -0.25) is 24.0 Å². The van der Waals surface area contributed by atoms with E-state index in [0.29, 0.717) is 0 Å². The first kappa shape index (κ1) is 16.8. The molecule has 7 heteroatoms. The van der Waals surface area contributed by atoms with Gasteiger partial charge in [0.2, 0.25) is 5.78 Å². The summed E-state index contributed by atoms with van der Waals surface area (Å²) in [4.78, 5) is 51.2. The molecule has 2 rings (SSSR count). The van der Waals surface area contributed by atoms with Gasteiger partial charge in [-0.25, -0.2) is 6.57 Å². The van der Waals surface area contributed by atoms with Gasteiger partial charge < -0.3 is 5.11 Å². The van der Waals surface area contributed by atoms with Crippen molar-refractivity contribution in [1.29, 1.82) is 0 Å². The molecule has 0 fully saturated rings. The van der Waals surface area contributed by atoms with Crippen LogP contribution in [0.15, 0.2) is 18.2 Å². The number of Topliss-reactive ketones (excluding diaryl/α,β-unsaturated/α-hetero) is 3. The Morgan fingerprint density at radius 3 is 2.57 bits per heavy atom. The van der Waals surface area contributed by atoms with Gasteiger partial charge in [-0.1, -0.05) is 11.6 Å². The predicted octanol–water partition coefficient (Wildman–Crippen LogP) is 2.29. The van der Waals surface area contributed by atoms with Gasteiger partial charge in [-0.05, 0) is 18.2 Å². The first-order valence-corrected chi connectivity index (χ1v) is 7.12. The molecule has 1 N–H and O–H groups in total. The number of carboxylic acids is 1. The SMILES string of the molecule is [C-]#[N+][C@@]1(C)C(=O)C(C(=O)CCC(=O)O)C(=O)c2cc(Cl)ccc21. The van der Waals surface area contributed by atoms with E-state index in [0.717, 1.165) is 0 Å². The average molecular weight is 334 g/mol. The Hall–Kier alpha value is -2.52. The lowest BCUT2D eigenvalue weighted by molar-refractivity contribution is -0.140. The minimum Gasteiger partial charge on any atom is -0.481 e. The lowest BCUT2D eigenvalue weighted by Gasteiger charge is -2.28. The molecule has 0 aliphatic heterocycles. The summed E-state index contributed by atoms with van der Waals surface area (Å²) in [7, 11) is 0. The highest BCUT2D eigenvalue weighted by Gasteiger charge is 2.56. The number of carbonyl (C=O) groups excluding carboxylic acids is 3. The number of hydrogen-bond acceptors (Lipinski definition) is 4. The Balaban J connectivity index is 2.54. The van der Waals surface area contributed by atoms with Crippen LogP contribution < -0.4 is 0 Å². The molecule has 118 valence electrons. The van der Waals surface area contributed by atoms with Crippen LogP contribution in [-0.4, -0.2) is 28.4 Å². The molecule has 1 unspecified atom stereocenters. The minimum atomic E-state index is -1.67. The van der Waals surface area contributed by atoms with E-state index in [1.165, 1.54) is 25.1 Å². The molecule has 6 nitrogen and oxygen atoms in total. The molecule has 0 spiro atoms. The van der Waals surface area contributed by atoms with Gasteiger partial charge in [0.25, 0.3) is 0 Å². The first-order valence-electron chi connectivity index (χ1n) is 6.74. The van der Waals surface area contributed by atoms with Gasteiger partial charge in [-0.2, -0.15) is 0 Å². The smallest absolute Gasteiger partial charge is 0.313 e. The third kappa shape index (κ3) is 2.76. The van der Waals surface area contributed by atoms with Crippen LogP contribution in [0.2, 0.25) is 5.02 Å². The Bertz CT molecular complexity index is 779. The second-order valence-electron chi connectivity index (χ2n) is 5.40. The van der Waals surface area contributed by atoms with E-state index in [1.54, 1.807) is 0 Å². The van der Waals surface area contributed by atoms with Crippen molar-refractivity contribution < 1.29 is 24.3 Å². The maximum atomic E-state index is 12.6. The third-order valence-corrected chi connectivity index (χ3v) is 4.14. The van der Waals surface area contributed by atoms with Crippen LogP contribution in [0.4, 0.5) is 0 Å². The molecule has 1 aromatic carbocycles. The zero-order valence-corrected chi connectivity index (χ0v) is 12.9. The highest BCUT2D eigenvalue weighted by molar-refractivity contribution is 6.33. The van der Waals surface area contributed by atoms with E-state index in [2.05, 4.69) is 4.85 Å². The van der Waals surface area contributed by atoms with Gasteiger partial charge >= 0.3 is 11.5 Å². The summed E-state index contributed by atoms with van der Waals surface area (Å²) in [6.07, 6.45) is -0.922. The van der Waals surface area contributed by atoms with Crippen molar-refractivity contribution in [1.82, 2.24) is 0 Å². The Morgan fingerprint density at radius 1 is 1.35 bits per heavy atom. The largest absolute Gasteiger partial charge is 0.481 e. The van der Waals surface area contributed by atoms with Crippen LogP contribution in [0, 0.1) is 12.5 Å². The van der Waals surface area contributed by atoms with E-state index in [1.807, 2.05) is 0 Å². The average Bonchev–Trinajstić information content (AvgIpc) is 2.50. The van der Waals surface area contributed by atoms with Gasteiger partial charge in [0, 0.05) is 23.9 Å². The quantitative estimate of drug-likeness (QED) is 0.674. The summed E-state index contributed by atoms with van der Waals surface area (Å²) in [5.74, 6) is -5.19. The molecular formula is C16H12ClNO5. The van der Waals surface area contributed by atoms with Crippen molar-refractivity contribution in [2.45, 2.75) is 25.3 Å². The molecule has 1 aromatic rings. The normalized spacial score (nSPS) is 23.1. The summed E-state index contributed by atoms with van der Waals surface area (Å²) >= 11 is 5.87. The zero-order valence-electron chi connectivity index (χ0n) is 12.1. The maximum absolute atomic E-state index is 12.6. The van der Waals surface area contributed by atoms with Crippen LogP contribution in [-0.2, 0) is 19.9 Å². The lowest BCUT2D eigenvalue weighted by atomic mass is 9.69. The number of carboxylic acid groups (broad SMARTS) is 1. The molecule has 0 saturated carbocycles. The maximum Gasteiger partial charge on any atom is 0.313 e. The Labute approximate surface area is 136 Å². The van der Waals surface area contributed by atoms with Crippen molar-refractivity contribution in [3.8, 4) is 0 Å². The topological polar surface area (TPSA) is 92.9 Å². The van der Waals surface area contributed by atoms with Crippen LogP contribution in [0.25, 0.3) is 4.85 Å². The highest BCUT2D eigenvalue weighted by Crippen LogP contribution is 2.40. The van der Waals surface area contributed by atoms with Crippen LogP contribution in [0.3, 0.4) is 0 Å². The summed E-state index contributed by atoms with van der Waals surface area (Å²) in [6.45, 7) is 8.68. The molecule has 0 heterocycles. The number of carbonyl (C=O) groups is 4. The molecule has 0 amide bonds. The van der Waals surface area contributed by atoms with Crippen LogP contribution >= 0.6 is 11.6 Å². The fourth-order valence-electron chi connectivity index (χ4n) is 2.62. The molecule has 1 aliphatic carbocycles. The van der Waals surface area contributed by atoms with Crippen molar-refractivity contribution in [3.63, 3.8) is 0 Å². The number of benzene rings is 1. The van der Waals surface area contributed by atoms with Crippen LogP contribution in [0.1, 0.15) is 35.7 Å². The number of aliphatic carboxylic acids is 1. The van der Waals surface area contributed by atoms with Gasteiger partial charge in [0.05, 0.1) is 12.0 Å². The number of halogens is 1. The van der Waals surface area contributed by atoms with E-state index >= 15 is 0 Å². The van der Waals surface area contributed by atoms with Crippen LogP contribution in [0.5, 0.6) is 0 Å². The van der Waals surface area contributed by atoms with E-state index in [4.69, 9.17) is 23.3 Å². The highest BCUT2D eigenvalue weighted by atomic mass is 35.5. The van der Waals surface area contributed by atoms with Crippen molar-refractivity contribution in [2.24, 2.45) is 5.92 Å². The summed E-state index contributed by atoms with van der Waals surface area (Å²) in [5, 5.41) is 8.89. The lowest BCUT2D eigenvalue weighted by Crippen LogP contribution is -2.47. The number of ketones is 3. The molecule has 1 aliphatic rings. The molecule has 0 saturated heterocycles. The fourth-order valence-corrected chi connectivity index (χ4v) is 2.79. The molecule has 23 heavy (non-hydrogen) atoms. The Morgan fingerprint density at radius 2 is 2.00 bits per heavy atom. The monoisotopic (exact) mass is 333 g/mol. The second-order valence-corrected chi connectivity index (χ2v) is 5.83. The van der Waals surface area contributed by atoms with E-state index in [-0.39, 0.29) is 16.1 Å². The molecule has 2 atom stereocenters. The summed E-state index contributed by atoms with van der Waals surface area (Å²) < 4.78 is 0. The van der Waals surface area contributed by atoms with Crippen molar-refractivity contribution in [3.05, 3.63) is 45.8 Å². The van der Waals surface area contributed by atoms with Crippen molar-refractivity contribution in [2.75, 3.05) is 0 Å². The molecular weight excluding hydrogens is 322 g/mol. The summed E-state index contributed by atoms with van der Waals surface area (Å²) in [6, 6.07) is 4.23. The Kier molecular flexibility index (Phi) is 4.35. The van der Waals surface area contributed by atoms with E-state index < -0.39 is 47.6 Å². The number of rotatable bonds is 4. The fraction of sp³-hybridized carbons (Fsp3) is 0.312. The predicted molar refractivity (Wildman–Crippen MR) is 80.1 cm³/mol. The summed E-state index contributed by atoms with van der Waals surface area (Å²) in [5.41, 5.74) is -1.39. The standard InChI is InChI=1S/C16H12ClNO5/c1-16(18-2)10-4-3-8(17)7-9(10)14(22)13(15(16)23)11(19)5-6-12(20)21/h3-4,7,13H,5-6H2,1H3,(H,20,21)/t13?,16-/m1/s1. The zero-order chi connectivity index (χ0) is 17.4. The number of fused-ring (bicyclic) bond motifs is 1. The first-order chi connectivity index (χ1) is 10.7. The van der Waals surface area contributed by atoms with Gasteiger partial charge in [0.1, 0.15) is 5.92 Å². The minimum absolute atomic E-state index is 0.0595. The molecule has 0 aromatic heterocycles. The van der Waals surface area contributed by atoms with E-state index in [9.17, 15) is 19.2 Å². The second kappa shape index (κ2) is 5.94. The molecule has 0 bridgehead atoms. The number of nitrogens with zero attached hydrogens (tertiary/aromatic N) is 1. The van der Waals surface area contributed by atoms with Gasteiger partial charge in [-0.15, -0.1) is 0 Å². The third-order valence-electron chi connectivity index (χ3n) is 3.91.